The van der Waals surface area contributed by atoms with Gasteiger partial charge in [0.1, 0.15) is 5.82 Å². The fourth-order valence-electron chi connectivity index (χ4n) is 2.37. The van der Waals surface area contributed by atoms with Crippen molar-refractivity contribution in [2.45, 2.75) is 25.9 Å². The van der Waals surface area contributed by atoms with E-state index in [2.05, 4.69) is 47.2 Å². The molecule has 1 amide bonds. The van der Waals surface area contributed by atoms with Gasteiger partial charge in [0.2, 0.25) is 0 Å². The van der Waals surface area contributed by atoms with Crippen LogP contribution >= 0.6 is 23.1 Å². The van der Waals surface area contributed by atoms with Crippen molar-refractivity contribution in [3.8, 4) is 5.69 Å². The van der Waals surface area contributed by atoms with E-state index < -0.39 is 0 Å². The zero-order valence-corrected chi connectivity index (χ0v) is 16.2. The van der Waals surface area contributed by atoms with Gasteiger partial charge >= 0.3 is 0 Å². The summed E-state index contributed by atoms with van der Waals surface area (Å²) in [5.74, 6) is 0.836. The van der Waals surface area contributed by atoms with Crippen molar-refractivity contribution in [1.29, 1.82) is 0 Å². The maximum Gasteiger partial charge on any atom is 0.258 e. The normalized spacial score (nSPS) is 11.9. The number of benzene rings is 1. The summed E-state index contributed by atoms with van der Waals surface area (Å²) in [6, 6.07) is 6.26. The second kappa shape index (κ2) is 7.37. The number of aromatic nitrogens is 4. The molecular formula is C17H19N5OS2. The second-order valence-electron chi connectivity index (χ2n) is 5.75. The number of hydrogen-bond donors (Lipinski definition) is 0. The van der Waals surface area contributed by atoms with Gasteiger partial charge in [0.05, 0.1) is 11.4 Å². The first-order valence-electron chi connectivity index (χ1n) is 7.76. The molecule has 0 atom stereocenters. The van der Waals surface area contributed by atoms with Crippen molar-refractivity contribution in [2.75, 3.05) is 5.75 Å². The van der Waals surface area contributed by atoms with Gasteiger partial charge in [-0.25, -0.2) is 0 Å². The van der Waals surface area contributed by atoms with Crippen molar-refractivity contribution < 1.29 is 4.79 Å². The van der Waals surface area contributed by atoms with Crippen molar-refractivity contribution in [2.24, 2.45) is 12.0 Å². The predicted octanol–water partition coefficient (Wildman–Crippen LogP) is 2.81. The van der Waals surface area contributed by atoms with Gasteiger partial charge in [0.25, 0.3) is 5.91 Å². The Balaban J connectivity index is 1.84. The highest BCUT2D eigenvalue weighted by atomic mass is 32.2. The van der Waals surface area contributed by atoms with E-state index >= 15 is 0 Å². The lowest BCUT2D eigenvalue weighted by Gasteiger charge is -2.11. The highest BCUT2D eigenvalue weighted by Gasteiger charge is 2.15. The lowest BCUT2D eigenvalue weighted by molar-refractivity contribution is -0.115. The van der Waals surface area contributed by atoms with Gasteiger partial charge in [-0.1, -0.05) is 23.9 Å². The summed E-state index contributed by atoms with van der Waals surface area (Å²) in [6.45, 7) is 6.02. The molecule has 0 saturated heterocycles. The van der Waals surface area contributed by atoms with Crippen LogP contribution in [0.15, 0.2) is 39.9 Å². The predicted molar refractivity (Wildman–Crippen MR) is 100 cm³/mol. The first-order valence-corrected chi connectivity index (χ1v) is 9.62. The minimum Gasteiger partial charge on any atom is -0.327 e. The van der Waals surface area contributed by atoms with E-state index in [1.165, 1.54) is 28.7 Å². The Morgan fingerprint density at radius 1 is 1.28 bits per heavy atom. The average molecular weight is 374 g/mol. The number of thiazole rings is 1. The fourth-order valence-corrected chi connectivity index (χ4v) is 3.90. The number of carbonyl (C=O) groups is 1. The van der Waals surface area contributed by atoms with Crippen LogP contribution < -0.4 is 4.80 Å². The van der Waals surface area contributed by atoms with Gasteiger partial charge in [-0.2, -0.15) is 4.99 Å². The molecule has 130 valence electrons. The molecule has 3 aromatic rings. The maximum atomic E-state index is 12.2. The molecule has 0 spiro atoms. The molecule has 0 saturated carbocycles. The van der Waals surface area contributed by atoms with Crippen LogP contribution in [0, 0.1) is 20.8 Å². The minimum atomic E-state index is -0.184. The smallest absolute Gasteiger partial charge is 0.258 e. The fraction of sp³-hybridized carbons (Fsp3) is 0.294. The zero-order chi connectivity index (χ0) is 18.0. The average Bonchev–Trinajstić information content (AvgIpc) is 3.14. The molecule has 2 heterocycles. The number of amides is 1. The van der Waals surface area contributed by atoms with E-state index in [1.54, 1.807) is 0 Å². The van der Waals surface area contributed by atoms with Gasteiger partial charge in [-0.15, -0.1) is 21.5 Å². The van der Waals surface area contributed by atoms with E-state index in [1.807, 2.05) is 34.7 Å². The summed E-state index contributed by atoms with van der Waals surface area (Å²) >= 11 is 2.79. The lowest BCUT2D eigenvalue weighted by Crippen LogP contribution is -2.13. The van der Waals surface area contributed by atoms with E-state index in [0.29, 0.717) is 9.96 Å². The van der Waals surface area contributed by atoms with Crippen LogP contribution in [-0.4, -0.2) is 31.0 Å². The van der Waals surface area contributed by atoms with Gasteiger partial charge < -0.3 is 4.57 Å². The summed E-state index contributed by atoms with van der Waals surface area (Å²) in [6.07, 6.45) is 1.88. The highest BCUT2D eigenvalue weighted by molar-refractivity contribution is 7.99. The number of hydrogen-bond acceptors (Lipinski definition) is 5. The van der Waals surface area contributed by atoms with Gasteiger partial charge in [0.15, 0.2) is 9.96 Å². The molecule has 0 bridgehead atoms. The molecule has 25 heavy (non-hydrogen) atoms. The summed E-state index contributed by atoms with van der Waals surface area (Å²) in [7, 11) is 1.87. The van der Waals surface area contributed by atoms with Crippen LogP contribution in [0.25, 0.3) is 5.69 Å². The molecule has 0 aliphatic carbocycles. The first kappa shape index (κ1) is 17.6. The largest absolute Gasteiger partial charge is 0.327 e. The van der Waals surface area contributed by atoms with Crippen LogP contribution in [-0.2, 0) is 11.8 Å². The molecule has 0 fully saturated rings. The van der Waals surface area contributed by atoms with Crippen LogP contribution in [0.1, 0.15) is 17.0 Å². The molecular weight excluding hydrogens is 354 g/mol. The van der Waals surface area contributed by atoms with Crippen molar-refractivity contribution in [3.05, 3.63) is 51.5 Å². The van der Waals surface area contributed by atoms with Gasteiger partial charge in [0, 0.05) is 18.6 Å². The molecule has 0 aliphatic rings. The molecule has 2 aromatic heterocycles. The number of nitrogens with zero attached hydrogens (tertiary/aromatic N) is 5. The third kappa shape index (κ3) is 3.91. The van der Waals surface area contributed by atoms with E-state index in [-0.39, 0.29) is 11.7 Å². The maximum absolute atomic E-state index is 12.2. The summed E-state index contributed by atoms with van der Waals surface area (Å²) < 4.78 is 3.82. The van der Waals surface area contributed by atoms with E-state index in [4.69, 9.17) is 0 Å². The highest BCUT2D eigenvalue weighted by Crippen LogP contribution is 2.24. The monoisotopic (exact) mass is 373 g/mol. The van der Waals surface area contributed by atoms with E-state index in [0.717, 1.165) is 17.1 Å². The van der Waals surface area contributed by atoms with Crippen LogP contribution in [0.2, 0.25) is 0 Å². The molecule has 0 unspecified atom stereocenters. The zero-order valence-electron chi connectivity index (χ0n) is 14.6. The number of aryl methyl sites for hydroxylation is 4. The Kier molecular flexibility index (Phi) is 5.19. The molecule has 0 aliphatic heterocycles. The minimum absolute atomic E-state index is 0.184. The van der Waals surface area contributed by atoms with Gasteiger partial charge in [-0.05, 0) is 38.0 Å². The summed E-state index contributed by atoms with van der Waals surface area (Å²) in [5, 5.41) is 11.0. The number of thioether (sulfide) groups is 1. The van der Waals surface area contributed by atoms with Crippen LogP contribution in [0.4, 0.5) is 0 Å². The standard InChI is InChI=1S/C17H19N5OS2/c1-11-5-6-12(2)14(9-11)22-13(3)19-20-17(22)25-10-15(23)18-16-21(4)7-8-24-16/h5-9H,10H2,1-4H3. The Hall–Kier alpha value is -2.19. The van der Waals surface area contributed by atoms with Crippen molar-refractivity contribution in [1.82, 2.24) is 19.3 Å². The lowest BCUT2D eigenvalue weighted by atomic mass is 10.1. The third-order valence-corrected chi connectivity index (χ3v) is 5.47. The Bertz CT molecular complexity index is 983. The van der Waals surface area contributed by atoms with Crippen LogP contribution in [0.5, 0.6) is 0 Å². The number of carbonyl (C=O) groups excluding carboxylic acids is 1. The van der Waals surface area contributed by atoms with Crippen molar-refractivity contribution in [3.63, 3.8) is 0 Å². The Labute approximate surface area is 154 Å². The summed E-state index contributed by atoms with van der Waals surface area (Å²) in [5.41, 5.74) is 3.34. The second-order valence-corrected chi connectivity index (χ2v) is 7.56. The molecule has 8 heteroatoms. The van der Waals surface area contributed by atoms with Crippen molar-refractivity contribution >= 4 is 29.0 Å². The van der Waals surface area contributed by atoms with Gasteiger partial charge in [-0.3, -0.25) is 9.36 Å². The topological polar surface area (TPSA) is 65.1 Å². The Morgan fingerprint density at radius 3 is 2.80 bits per heavy atom. The molecule has 3 rings (SSSR count). The molecule has 0 radical (unpaired) electrons. The number of rotatable bonds is 4. The SMILES string of the molecule is Cc1ccc(C)c(-n2c(C)nnc2SCC(=O)N=c2sccn2C)c1. The summed E-state index contributed by atoms with van der Waals surface area (Å²) in [4.78, 5) is 17.0. The first-order chi connectivity index (χ1) is 12.0. The van der Waals surface area contributed by atoms with Crippen LogP contribution in [0.3, 0.4) is 0 Å². The molecule has 6 nitrogen and oxygen atoms in total. The molecule has 0 N–H and O–H groups in total. The quantitative estimate of drug-likeness (QED) is 0.660. The molecule has 1 aromatic carbocycles. The Morgan fingerprint density at radius 2 is 2.08 bits per heavy atom. The third-order valence-electron chi connectivity index (χ3n) is 3.71. The van der Waals surface area contributed by atoms with E-state index in [9.17, 15) is 4.79 Å².